The molecule has 6 rings (SSSR count). The van der Waals surface area contributed by atoms with E-state index in [0.29, 0.717) is 23.3 Å². The van der Waals surface area contributed by atoms with Crippen molar-refractivity contribution >= 4 is 17.2 Å². The Morgan fingerprint density at radius 2 is 1.77 bits per heavy atom. The van der Waals surface area contributed by atoms with E-state index in [4.69, 9.17) is 10.1 Å². The highest BCUT2D eigenvalue weighted by Crippen LogP contribution is 2.32. The fourth-order valence-electron chi connectivity index (χ4n) is 4.12. The second kappa shape index (κ2) is 8.17. The largest absolute Gasteiger partial charge is 0.331 e. The summed E-state index contributed by atoms with van der Waals surface area (Å²) in [6.45, 7) is 2.05. The number of aryl methyl sites for hydroxylation is 3. The lowest BCUT2D eigenvalue weighted by Gasteiger charge is -2.11. The average Bonchev–Trinajstić information content (AvgIpc) is 3.58. The molecule has 35 heavy (non-hydrogen) atoms. The van der Waals surface area contributed by atoms with Crippen molar-refractivity contribution in [2.45, 2.75) is 6.92 Å². The maximum absolute atomic E-state index is 4.87. The van der Waals surface area contributed by atoms with Gasteiger partial charge in [0.1, 0.15) is 11.3 Å². The lowest BCUT2D eigenvalue weighted by Crippen LogP contribution is -2.06. The topological polar surface area (TPSA) is 104 Å². The summed E-state index contributed by atoms with van der Waals surface area (Å²) < 4.78 is 5.51. The highest BCUT2D eigenvalue weighted by Gasteiger charge is 2.20. The molecule has 0 aliphatic heterocycles. The Morgan fingerprint density at radius 1 is 0.857 bits per heavy atom. The van der Waals surface area contributed by atoms with Crippen LogP contribution in [0.5, 0.6) is 0 Å². The number of rotatable bonds is 5. The summed E-state index contributed by atoms with van der Waals surface area (Å²) in [5, 5.41) is 12.8. The van der Waals surface area contributed by atoms with E-state index in [-0.39, 0.29) is 0 Å². The molecule has 0 aromatic carbocycles. The smallest absolute Gasteiger partial charge is 0.218 e. The highest BCUT2D eigenvalue weighted by atomic mass is 15.3. The van der Waals surface area contributed by atoms with Crippen molar-refractivity contribution in [3.63, 3.8) is 0 Å². The maximum atomic E-state index is 4.87. The predicted octanol–water partition coefficient (Wildman–Crippen LogP) is 4.04. The molecule has 0 unspecified atom stereocenters. The maximum Gasteiger partial charge on any atom is 0.218 e. The minimum atomic E-state index is 0.496. The molecule has 10 nitrogen and oxygen atoms in total. The van der Waals surface area contributed by atoms with Gasteiger partial charge in [-0.1, -0.05) is 6.07 Å². The van der Waals surface area contributed by atoms with Gasteiger partial charge < -0.3 is 9.88 Å². The number of hydrogen-bond acceptors (Lipinski definition) is 7. The Morgan fingerprint density at radius 3 is 2.51 bits per heavy atom. The summed E-state index contributed by atoms with van der Waals surface area (Å²) in [6, 6.07) is 11.7. The molecule has 0 aliphatic rings. The van der Waals surface area contributed by atoms with Crippen molar-refractivity contribution in [2.24, 2.45) is 14.1 Å². The molecule has 0 amide bonds. The fraction of sp³-hybridized carbons (Fsp3) is 0.120. The van der Waals surface area contributed by atoms with Gasteiger partial charge in [-0.3, -0.25) is 9.67 Å². The summed E-state index contributed by atoms with van der Waals surface area (Å²) in [7, 11) is 3.82. The van der Waals surface area contributed by atoms with Crippen LogP contribution in [0.1, 0.15) is 5.56 Å². The van der Waals surface area contributed by atoms with Gasteiger partial charge in [0.2, 0.25) is 5.82 Å². The molecule has 0 atom stereocenters. The van der Waals surface area contributed by atoms with Gasteiger partial charge in [-0.2, -0.15) is 5.10 Å². The van der Waals surface area contributed by atoms with Crippen LogP contribution in [0.4, 0.5) is 11.6 Å². The van der Waals surface area contributed by atoms with Crippen molar-refractivity contribution in [1.29, 1.82) is 0 Å². The third-order valence-electron chi connectivity index (χ3n) is 5.86. The summed E-state index contributed by atoms with van der Waals surface area (Å²) in [5.74, 6) is 2.44. The van der Waals surface area contributed by atoms with Crippen molar-refractivity contribution in [3.8, 4) is 34.2 Å². The number of anilines is 2. The Labute approximate surface area is 201 Å². The van der Waals surface area contributed by atoms with Gasteiger partial charge in [0.15, 0.2) is 11.6 Å². The molecule has 172 valence electrons. The van der Waals surface area contributed by atoms with E-state index in [2.05, 4.69) is 25.4 Å². The lowest BCUT2D eigenvalue weighted by molar-refractivity contribution is 0.770. The SMILES string of the molecule is Cc1c(-c2ccn(C)n2)cn2nc(-c3nccn3C)nc(Nc3cc(-c4ccccn4)ccn3)c12. The third-order valence-corrected chi connectivity index (χ3v) is 5.86. The first-order valence-electron chi connectivity index (χ1n) is 11.1. The van der Waals surface area contributed by atoms with Crippen molar-refractivity contribution in [3.05, 3.63) is 79.1 Å². The lowest BCUT2D eigenvalue weighted by atomic mass is 10.1. The van der Waals surface area contributed by atoms with E-state index in [1.165, 1.54) is 0 Å². The molecule has 6 aromatic rings. The summed E-state index contributed by atoms with van der Waals surface area (Å²) in [4.78, 5) is 18.3. The standard InChI is InChI=1S/C25H22N10/c1-16-18(20-8-12-34(3)31-20)15-35-22(16)23(30-24(32-35)25-28-11-13-33(25)2)29-21-14-17(7-10-27-21)19-6-4-5-9-26-19/h4-15H,1-3H3,(H,27,29,30,32). The molecule has 10 heteroatoms. The summed E-state index contributed by atoms with van der Waals surface area (Å²) in [6.07, 6.45) is 11.0. The van der Waals surface area contributed by atoms with Gasteiger partial charge in [-0.25, -0.2) is 19.5 Å². The molecular weight excluding hydrogens is 440 g/mol. The van der Waals surface area contributed by atoms with Crippen LogP contribution in [0.2, 0.25) is 0 Å². The Kier molecular flexibility index (Phi) is 4.84. The van der Waals surface area contributed by atoms with Gasteiger partial charge in [0.05, 0.1) is 11.4 Å². The molecule has 0 saturated carbocycles. The first kappa shape index (κ1) is 20.7. The summed E-state index contributed by atoms with van der Waals surface area (Å²) in [5.41, 5.74) is 5.53. The molecule has 0 saturated heterocycles. The molecule has 6 heterocycles. The zero-order valence-corrected chi connectivity index (χ0v) is 19.5. The van der Waals surface area contributed by atoms with E-state index < -0.39 is 0 Å². The van der Waals surface area contributed by atoms with Gasteiger partial charge in [0.25, 0.3) is 0 Å². The van der Waals surface area contributed by atoms with Crippen LogP contribution in [0.15, 0.2) is 73.6 Å². The van der Waals surface area contributed by atoms with Gasteiger partial charge in [-0.15, -0.1) is 5.10 Å². The predicted molar refractivity (Wildman–Crippen MR) is 133 cm³/mol. The van der Waals surface area contributed by atoms with Crippen LogP contribution >= 0.6 is 0 Å². The molecule has 0 fully saturated rings. The fourth-order valence-corrected chi connectivity index (χ4v) is 4.12. The van der Waals surface area contributed by atoms with Crippen LogP contribution in [0.3, 0.4) is 0 Å². The minimum absolute atomic E-state index is 0.496. The second-order valence-electron chi connectivity index (χ2n) is 8.25. The number of fused-ring (bicyclic) bond motifs is 1. The van der Waals surface area contributed by atoms with E-state index in [1.807, 2.05) is 85.1 Å². The van der Waals surface area contributed by atoms with Gasteiger partial charge in [-0.05, 0) is 42.8 Å². The Balaban J connectivity index is 1.51. The number of nitrogens with zero attached hydrogens (tertiary/aromatic N) is 9. The molecule has 0 aliphatic carbocycles. The van der Waals surface area contributed by atoms with Gasteiger partial charge in [0, 0.05) is 62.4 Å². The zero-order valence-electron chi connectivity index (χ0n) is 19.5. The molecule has 0 bridgehead atoms. The minimum Gasteiger partial charge on any atom is -0.331 e. The van der Waals surface area contributed by atoms with Gasteiger partial charge >= 0.3 is 0 Å². The second-order valence-corrected chi connectivity index (χ2v) is 8.25. The number of nitrogens with one attached hydrogen (secondary N) is 1. The average molecular weight is 463 g/mol. The number of hydrogen-bond donors (Lipinski definition) is 1. The van der Waals surface area contributed by atoms with Crippen LogP contribution in [0.25, 0.3) is 39.7 Å². The molecule has 6 aromatic heterocycles. The Bertz CT molecular complexity index is 1660. The normalized spacial score (nSPS) is 11.3. The van der Waals surface area contributed by atoms with E-state index >= 15 is 0 Å². The molecule has 0 radical (unpaired) electrons. The summed E-state index contributed by atoms with van der Waals surface area (Å²) >= 11 is 0. The highest BCUT2D eigenvalue weighted by molar-refractivity contribution is 5.84. The monoisotopic (exact) mass is 462 g/mol. The van der Waals surface area contributed by atoms with E-state index in [1.54, 1.807) is 23.3 Å². The van der Waals surface area contributed by atoms with E-state index in [9.17, 15) is 0 Å². The molecule has 1 N–H and O–H groups in total. The first-order chi connectivity index (χ1) is 17.1. The molecule has 0 spiro atoms. The van der Waals surface area contributed by atoms with Crippen molar-refractivity contribution < 1.29 is 0 Å². The quantitative estimate of drug-likeness (QED) is 0.412. The Hall–Kier alpha value is -4.86. The van der Waals surface area contributed by atoms with Crippen molar-refractivity contribution in [2.75, 3.05) is 5.32 Å². The van der Waals surface area contributed by atoms with Crippen LogP contribution in [-0.4, -0.2) is 43.9 Å². The van der Waals surface area contributed by atoms with Crippen LogP contribution in [-0.2, 0) is 14.1 Å². The van der Waals surface area contributed by atoms with Crippen LogP contribution in [0, 0.1) is 6.92 Å². The van der Waals surface area contributed by atoms with Crippen LogP contribution < -0.4 is 5.32 Å². The number of pyridine rings is 2. The third kappa shape index (κ3) is 3.70. The number of imidazole rings is 1. The first-order valence-corrected chi connectivity index (χ1v) is 11.1. The van der Waals surface area contributed by atoms with E-state index in [0.717, 1.165) is 33.6 Å². The molecular formula is C25H22N10. The number of aromatic nitrogens is 9. The zero-order chi connectivity index (χ0) is 23.9. The van der Waals surface area contributed by atoms with Crippen molar-refractivity contribution in [1.82, 2.24) is 43.9 Å².